The summed E-state index contributed by atoms with van der Waals surface area (Å²) in [5, 5.41) is 1.46. The van der Waals surface area contributed by atoms with Crippen LogP contribution in [0.2, 0.25) is 5.02 Å². The fourth-order valence-electron chi connectivity index (χ4n) is 2.79. The van der Waals surface area contributed by atoms with Crippen molar-refractivity contribution in [2.45, 2.75) is 17.9 Å². The molecule has 0 N–H and O–H groups in total. The molecule has 2 aromatic rings. The summed E-state index contributed by atoms with van der Waals surface area (Å²) in [5.41, 5.74) is 0.347. The summed E-state index contributed by atoms with van der Waals surface area (Å²) < 4.78 is 56.8. The number of sulfone groups is 1. The highest BCUT2D eigenvalue weighted by atomic mass is 35.5. The van der Waals surface area contributed by atoms with Crippen molar-refractivity contribution in [1.29, 1.82) is 0 Å². The average Bonchev–Trinajstić information content (AvgIpc) is 2.96. The van der Waals surface area contributed by atoms with Crippen LogP contribution in [0.25, 0.3) is 0 Å². The second-order valence-electron chi connectivity index (χ2n) is 5.91. The van der Waals surface area contributed by atoms with Crippen LogP contribution in [-0.4, -0.2) is 35.2 Å². The number of rotatable bonds is 6. The van der Waals surface area contributed by atoms with Crippen LogP contribution < -0.4 is 9.04 Å². The monoisotopic (exact) mass is 427 g/mol. The van der Waals surface area contributed by atoms with Gasteiger partial charge in [0.1, 0.15) is 5.75 Å². The van der Waals surface area contributed by atoms with E-state index in [1.165, 1.54) is 30.3 Å². The van der Waals surface area contributed by atoms with Gasteiger partial charge >= 0.3 is 0 Å². The van der Waals surface area contributed by atoms with Crippen LogP contribution in [0.3, 0.4) is 0 Å². The molecule has 0 aliphatic carbocycles. The molecule has 0 saturated carbocycles. The van der Waals surface area contributed by atoms with Gasteiger partial charge in [0.15, 0.2) is 9.84 Å². The van der Waals surface area contributed by atoms with Gasteiger partial charge in [-0.25, -0.2) is 16.8 Å². The molecular weight excluding hydrogens is 410 g/mol. The molecule has 1 aliphatic heterocycles. The highest BCUT2D eigenvalue weighted by Gasteiger charge is 2.35. The molecule has 0 fully saturated rings. The highest BCUT2D eigenvalue weighted by molar-refractivity contribution is 7.95. The maximum absolute atomic E-state index is 13.3. The molecule has 3 rings (SSSR count). The zero-order valence-electron chi connectivity index (χ0n) is 14.4. The van der Waals surface area contributed by atoms with Gasteiger partial charge in [-0.3, -0.25) is 4.31 Å². The Balaban J connectivity index is 2.07. The summed E-state index contributed by atoms with van der Waals surface area (Å²) in [7, 11) is -7.46. The Morgan fingerprint density at radius 2 is 1.74 bits per heavy atom. The fraction of sp³-hybridized carbons (Fsp3) is 0.222. The van der Waals surface area contributed by atoms with Gasteiger partial charge in [-0.2, -0.15) is 0 Å². The maximum atomic E-state index is 13.3. The maximum Gasteiger partial charge on any atom is 0.264 e. The molecule has 9 heteroatoms. The van der Waals surface area contributed by atoms with Crippen molar-refractivity contribution in [3.63, 3.8) is 0 Å². The van der Waals surface area contributed by atoms with Crippen LogP contribution in [0.4, 0.5) is 5.69 Å². The molecule has 1 aliphatic rings. The predicted molar refractivity (Wildman–Crippen MR) is 105 cm³/mol. The SMILES string of the molecule is CCOc1ccc(N(C2C=CS(=O)(=O)C2)S(=O)(=O)c2ccc(Cl)cc2)cc1. The van der Waals surface area contributed by atoms with Gasteiger partial charge in [0.25, 0.3) is 10.0 Å². The molecule has 0 saturated heterocycles. The lowest BCUT2D eigenvalue weighted by molar-refractivity contribution is 0.340. The highest BCUT2D eigenvalue weighted by Crippen LogP contribution is 2.31. The molecule has 0 radical (unpaired) electrons. The third kappa shape index (κ3) is 4.28. The Morgan fingerprint density at radius 3 is 2.26 bits per heavy atom. The number of ether oxygens (including phenoxy) is 1. The van der Waals surface area contributed by atoms with Gasteiger partial charge in [-0.05, 0) is 61.5 Å². The van der Waals surface area contributed by atoms with Crippen molar-refractivity contribution in [1.82, 2.24) is 0 Å². The third-order valence-corrected chi connectivity index (χ3v) is 7.48. The Morgan fingerprint density at radius 1 is 1.11 bits per heavy atom. The van der Waals surface area contributed by atoms with Crippen LogP contribution in [0.5, 0.6) is 5.75 Å². The van der Waals surface area contributed by atoms with Gasteiger partial charge < -0.3 is 4.74 Å². The van der Waals surface area contributed by atoms with E-state index in [0.29, 0.717) is 23.1 Å². The number of halogens is 1. The van der Waals surface area contributed by atoms with Gasteiger partial charge in [-0.15, -0.1) is 0 Å². The minimum atomic E-state index is -4.01. The van der Waals surface area contributed by atoms with Crippen molar-refractivity contribution in [2.24, 2.45) is 0 Å². The number of nitrogens with zero attached hydrogens (tertiary/aromatic N) is 1. The summed E-state index contributed by atoms with van der Waals surface area (Å²) in [6, 6.07) is 11.4. The lowest BCUT2D eigenvalue weighted by Gasteiger charge is -2.29. The number of hydrogen-bond acceptors (Lipinski definition) is 5. The van der Waals surface area contributed by atoms with Gasteiger partial charge in [0.05, 0.1) is 29.0 Å². The van der Waals surface area contributed by atoms with Gasteiger partial charge in [0, 0.05) is 10.4 Å². The first-order valence-corrected chi connectivity index (χ1v) is 11.7. The predicted octanol–water partition coefficient (Wildman–Crippen LogP) is 3.24. The molecule has 144 valence electrons. The Hall–Kier alpha value is -2.03. The number of benzene rings is 2. The molecule has 6 nitrogen and oxygen atoms in total. The van der Waals surface area contributed by atoms with E-state index in [0.717, 1.165) is 9.71 Å². The summed E-state index contributed by atoms with van der Waals surface area (Å²) in [6.45, 7) is 2.33. The third-order valence-electron chi connectivity index (χ3n) is 3.98. The van der Waals surface area contributed by atoms with Crippen LogP contribution in [-0.2, 0) is 19.9 Å². The largest absolute Gasteiger partial charge is 0.494 e. The molecule has 0 amide bonds. The molecule has 0 spiro atoms. The van der Waals surface area contributed by atoms with Crippen molar-refractivity contribution in [3.05, 3.63) is 65.0 Å². The summed E-state index contributed by atoms with van der Waals surface area (Å²) in [5.74, 6) is 0.284. The van der Waals surface area contributed by atoms with Crippen molar-refractivity contribution < 1.29 is 21.6 Å². The van der Waals surface area contributed by atoms with E-state index in [9.17, 15) is 16.8 Å². The van der Waals surface area contributed by atoms with E-state index in [1.54, 1.807) is 24.3 Å². The van der Waals surface area contributed by atoms with E-state index in [1.807, 2.05) is 6.92 Å². The molecule has 1 atom stereocenters. The van der Waals surface area contributed by atoms with Crippen molar-refractivity contribution in [3.8, 4) is 5.75 Å². The van der Waals surface area contributed by atoms with Crippen LogP contribution in [0, 0.1) is 0 Å². The lowest BCUT2D eigenvalue weighted by atomic mass is 10.2. The van der Waals surface area contributed by atoms with Crippen LogP contribution in [0.1, 0.15) is 6.92 Å². The first-order chi connectivity index (χ1) is 12.7. The average molecular weight is 428 g/mol. The molecule has 27 heavy (non-hydrogen) atoms. The zero-order valence-corrected chi connectivity index (χ0v) is 16.8. The molecule has 2 aromatic carbocycles. The Kier molecular flexibility index (Phi) is 5.50. The number of sulfonamides is 1. The standard InChI is InChI=1S/C18H18ClNO5S2/c1-2-25-17-7-5-15(6-8-17)20(16-11-12-26(21,22)13-16)27(23,24)18-9-3-14(19)4-10-18/h3-12,16H,2,13H2,1H3. The molecular formula is C18H18ClNO5S2. The fourth-order valence-corrected chi connectivity index (χ4v) is 5.89. The second kappa shape index (κ2) is 7.53. The molecule has 0 aromatic heterocycles. The van der Waals surface area contributed by atoms with E-state index < -0.39 is 25.9 Å². The summed E-state index contributed by atoms with van der Waals surface area (Å²) in [6.07, 6.45) is 1.39. The van der Waals surface area contributed by atoms with E-state index in [4.69, 9.17) is 16.3 Å². The molecule has 1 unspecified atom stereocenters. The van der Waals surface area contributed by atoms with Crippen molar-refractivity contribution >= 4 is 37.1 Å². The van der Waals surface area contributed by atoms with Gasteiger partial charge in [0.2, 0.25) is 0 Å². The molecule has 1 heterocycles. The van der Waals surface area contributed by atoms with E-state index >= 15 is 0 Å². The topological polar surface area (TPSA) is 80.8 Å². The quantitative estimate of drug-likeness (QED) is 0.706. The Bertz CT molecular complexity index is 1050. The van der Waals surface area contributed by atoms with Crippen molar-refractivity contribution in [2.75, 3.05) is 16.7 Å². The normalized spacial score (nSPS) is 18.4. The van der Waals surface area contributed by atoms with Gasteiger partial charge in [-0.1, -0.05) is 11.6 Å². The summed E-state index contributed by atoms with van der Waals surface area (Å²) in [4.78, 5) is 0.0264. The lowest BCUT2D eigenvalue weighted by Crippen LogP contribution is -2.41. The number of anilines is 1. The van der Waals surface area contributed by atoms with E-state index in [2.05, 4.69) is 0 Å². The minimum absolute atomic E-state index is 0.0264. The van der Waals surface area contributed by atoms with Crippen LogP contribution >= 0.6 is 11.6 Å². The smallest absolute Gasteiger partial charge is 0.264 e. The first kappa shape index (κ1) is 19.7. The number of hydrogen-bond donors (Lipinski definition) is 0. The zero-order chi connectivity index (χ0) is 19.7. The van der Waals surface area contributed by atoms with E-state index in [-0.39, 0.29) is 10.6 Å². The second-order valence-corrected chi connectivity index (χ2v) is 10.1. The van der Waals surface area contributed by atoms with Crippen LogP contribution in [0.15, 0.2) is 64.9 Å². The Labute approximate surface area is 164 Å². The summed E-state index contributed by atoms with van der Waals surface area (Å²) >= 11 is 5.86. The minimum Gasteiger partial charge on any atom is -0.494 e. The molecule has 0 bridgehead atoms. The first-order valence-electron chi connectivity index (χ1n) is 8.17.